The molecule has 18 heavy (non-hydrogen) atoms. The van der Waals surface area contributed by atoms with Gasteiger partial charge in [0, 0.05) is 22.6 Å². The van der Waals surface area contributed by atoms with Crippen LogP contribution in [0.2, 0.25) is 5.02 Å². The summed E-state index contributed by atoms with van der Waals surface area (Å²) < 4.78 is 0. The quantitative estimate of drug-likeness (QED) is 0.730. The Kier molecular flexibility index (Phi) is 6.32. The Balaban J connectivity index is 2.66. The van der Waals surface area contributed by atoms with E-state index in [9.17, 15) is 4.79 Å². The minimum absolute atomic E-state index is 0.0503. The zero-order chi connectivity index (χ0) is 13.5. The average Bonchev–Trinajstić information content (AvgIpc) is 2.29. The number of halogens is 1. The molecule has 100 valence electrons. The molecular weight excluding hydrogens is 272 g/mol. The molecule has 0 saturated carbocycles. The van der Waals surface area contributed by atoms with Gasteiger partial charge in [0.1, 0.15) is 0 Å². The van der Waals surface area contributed by atoms with E-state index in [-0.39, 0.29) is 18.7 Å². The largest absolute Gasteiger partial charge is 0.396 e. The lowest BCUT2D eigenvalue weighted by molar-refractivity contribution is 0.241. The van der Waals surface area contributed by atoms with E-state index in [2.05, 4.69) is 10.6 Å². The molecule has 0 spiro atoms. The van der Waals surface area contributed by atoms with Gasteiger partial charge < -0.3 is 15.7 Å². The third-order valence-electron chi connectivity index (χ3n) is 2.35. The van der Waals surface area contributed by atoms with Gasteiger partial charge in [-0.15, -0.1) is 11.8 Å². The van der Waals surface area contributed by atoms with Gasteiger partial charge in [0.05, 0.1) is 5.69 Å². The maximum absolute atomic E-state index is 11.7. The fraction of sp³-hybridized carbons (Fsp3) is 0.417. The van der Waals surface area contributed by atoms with Crippen LogP contribution >= 0.6 is 23.4 Å². The van der Waals surface area contributed by atoms with Gasteiger partial charge in [0.2, 0.25) is 0 Å². The second kappa shape index (κ2) is 7.51. The smallest absolute Gasteiger partial charge is 0.319 e. The number of carbonyl (C=O) groups excluding carboxylic acids is 1. The van der Waals surface area contributed by atoms with E-state index in [4.69, 9.17) is 16.7 Å². The molecule has 1 aromatic carbocycles. The summed E-state index contributed by atoms with van der Waals surface area (Å²) in [6.07, 6.45) is 2.46. The van der Waals surface area contributed by atoms with Crippen LogP contribution in [0.1, 0.15) is 13.3 Å². The van der Waals surface area contributed by atoms with Crippen molar-refractivity contribution < 1.29 is 9.90 Å². The molecule has 0 aromatic heterocycles. The van der Waals surface area contributed by atoms with Gasteiger partial charge >= 0.3 is 6.03 Å². The van der Waals surface area contributed by atoms with E-state index in [1.807, 2.05) is 19.2 Å². The molecule has 1 atom stereocenters. The lowest BCUT2D eigenvalue weighted by Gasteiger charge is -2.15. The summed E-state index contributed by atoms with van der Waals surface area (Å²) in [4.78, 5) is 12.7. The van der Waals surface area contributed by atoms with Crippen LogP contribution in [0.5, 0.6) is 0 Å². The highest BCUT2D eigenvalue weighted by molar-refractivity contribution is 7.98. The van der Waals surface area contributed by atoms with E-state index in [0.29, 0.717) is 17.1 Å². The summed E-state index contributed by atoms with van der Waals surface area (Å²) in [6.45, 7) is 1.89. The molecule has 0 unspecified atom stereocenters. The number of urea groups is 1. The summed E-state index contributed by atoms with van der Waals surface area (Å²) in [5.74, 6) is 0. The van der Waals surface area contributed by atoms with Gasteiger partial charge in [-0.2, -0.15) is 0 Å². The van der Waals surface area contributed by atoms with Crippen molar-refractivity contribution in [2.24, 2.45) is 0 Å². The van der Waals surface area contributed by atoms with Gasteiger partial charge in [0.25, 0.3) is 0 Å². The Hall–Kier alpha value is -0.910. The number of hydrogen-bond acceptors (Lipinski definition) is 3. The first-order chi connectivity index (χ1) is 8.56. The zero-order valence-corrected chi connectivity index (χ0v) is 11.9. The molecule has 0 heterocycles. The molecule has 0 aliphatic rings. The lowest BCUT2D eigenvalue weighted by atomic mass is 10.2. The number of amides is 2. The van der Waals surface area contributed by atoms with Gasteiger partial charge in [-0.05, 0) is 37.8 Å². The minimum Gasteiger partial charge on any atom is -0.396 e. The van der Waals surface area contributed by atoms with Crippen LogP contribution in [-0.4, -0.2) is 30.0 Å². The first-order valence-corrected chi connectivity index (χ1v) is 7.19. The standard InChI is InChI=1S/C12H17ClN2O2S/c1-8(5-6-16)14-12(17)15-10-7-9(13)3-4-11(10)18-2/h3-4,7-8,16H,5-6H2,1-2H3,(H2,14,15,17)/t8-/m1/s1. The van der Waals surface area contributed by atoms with Crippen molar-refractivity contribution in [3.63, 3.8) is 0 Å². The van der Waals surface area contributed by atoms with Crippen molar-refractivity contribution in [2.45, 2.75) is 24.3 Å². The fourth-order valence-electron chi connectivity index (χ4n) is 1.43. The van der Waals surface area contributed by atoms with Gasteiger partial charge in [-0.25, -0.2) is 4.79 Å². The van der Waals surface area contributed by atoms with Crippen LogP contribution in [0.15, 0.2) is 23.1 Å². The molecular formula is C12H17ClN2O2S. The molecule has 0 radical (unpaired) electrons. The first-order valence-electron chi connectivity index (χ1n) is 5.58. The van der Waals surface area contributed by atoms with Crippen molar-refractivity contribution in [2.75, 3.05) is 18.2 Å². The van der Waals surface area contributed by atoms with Gasteiger partial charge in [-0.3, -0.25) is 0 Å². The second-order valence-electron chi connectivity index (χ2n) is 3.86. The highest BCUT2D eigenvalue weighted by atomic mass is 35.5. The van der Waals surface area contributed by atoms with Crippen LogP contribution in [0.25, 0.3) is 0 Å². The van der Waals surface area contributed by atoms with Crippen LogP contribution < -0.4 is 10.6 Å². The first kappa shape index (κ1) is 15.1. The second-order valence-corrected chi connectivity index (χ2v) is 5.14. The SMILES string of the molecule is CSc1ccc(Cl)cc1NC(=O)N[C@H](C)CCO. The molecule has 0 saturated heterocycles. The van der Waals surface area contributed by atoms with Crippen LogP contribution in [0.3, 0.4) is 0 Å². The number of anilines is 1. The molecule has 0 bridgehead atoms. The maximum atomic E-state index is 11.7. The monoisotopic (exact) mass is 288 g/mol. The number of aliphatic hydroxyl groups excluding tert-OH is 1. The number of rotatable bonds is 5. The third-order valence-corrected chi connectivity index (χ3v) is 3.38. The highest BCUT2D eigenvalue weighted by Crippen LogP contribution is 2.28. The molecule has 1 aromatic rings. The predicted molar refractivity (Wildman–Crippen MR) is 76.6 cm³/mol. The summed E-state index contributed by atoms with van der Waals surface area (Å²) >= 11 is 7.43. The summed E-state index contributed by atoms with van der Waals surface area (Å²) in [5, 5.41) is 14.8. The zero-order valence-electron chi connectivity index (χ0n) is 10.4. The van der Waals surface area contributed by atoms with Crippen LogP contribution in [0.4, 0.5) is 10.5 Å². The Bertz CT molecular complexity index is 415. The van der Waals surface area contributed by atoms with E-state index in [1.54, 1.807) is 12.1 Å². The molecule has 6 heteroatoms. The van der Waals surface area contributed by atoms with E-state index >= 15 is 0 Å². The van der Waals surface area contributed by atoms with Crippen molar-refractivity contribution in [3.8, 4) is 0 Å². The van der Waals surface area contributed by atoms with Gasteiger partial charge in [-0.1, -0.05) is 11.6 Å². The fourth-order valence-corrected chi connectivity index (χ4v) is 2.13. The number of benzene rings is 1. The number of aliphatic hydroxyl groups is 1. The normalized spacial score (nSPS) is 12.0. The molecule has 0 fully saturated rings. The van der Waals surface area contributed by atoms with Crippen LogP contribution in [-0.2, 0) is 0 Å². The predicted octanol–water partition coefficient (Wildman–Crippen LogP) is 2.95. The van der Waals surface area contributed by atoms with E-state index in [0.717, 1.165) is 4.90 Å². The Morgan fingerprint density at radius 1 is 1.56 bits per heavy atom. The Morgan fingerprint density at radius 3 is 2.89 bits per heavy atom. The summed E-state index contributed by atoms with van der Waals surface area (Å²) in [7, 11) is 0. The number of hydrogen-bond donors (Lipinski definition) is 3. The topological polar surface area (TPSA) is 61.4 Å². The molecule has 3 N–H and O–H groups in total. The molecule has 4 nitrogen and oxygen atoms in total. The highest BCUT2D eigenvalue weighted by Gasteiger charge is 2.09. The van der Waals surface area contributed by atoms with Crippen molar-refractivity contribution in [3.05, 3.63) is 23.2 Å². The third kappa shape index (κ3) is 4.76. The molecule has 0 aliphatic heterocycles. The minimum atomic E-state index is -0.298. The van der Waals surface area contributed by atoms with Crippen molar-refractivity contribution in [1.29, 1.82) is 0 Å². The van der Waals surface area contributed by atoms with E-state index in [1.165, 1.54) is 11.8 Å². The lowest BCUT2D eigenvalue weighted by Crippen LogP contribution is -2.36. The molecule has 1 rings (SSSR count). The van der Waals surface area contributed by atoms with Crippen LogP contribution in [0, 0.1) is 0 Å². The molecule has 2 amide bonds. The number of carbonyl (C=O) groups is 1. The van der Waals surface area contributed by atoms with Crippen molar-refractivity contribution >= 4 is 35.1 Å². The van der Waals surface area contributed by atoms with Crippen molar-refractivity contribution in [1.82, 2.24) is 5.32 Å². The summed E-state index contributed by atoms with van der Waals surface area (Å²) in [6, 6.07) is 4.98. The molecule has 0 aliphatic carbocycles. The maximum Gasteiger partial charge on any atom is 0.319 e. The number of nitrogens with one attached hydrogen (secondary N) is 2. The number of thioether (sulfide) groups is 1. The average molecular weight is 289 g/mol. The Morgan fingerprint density at radius 2 is 2.28 bits per heavy atom. The van der Waals surface area contributed by atoms with Gasteiger partial charge in [0.15, 0.2) is 0 Å². The van der Waals surface area contributed by atoms with E-state index < -0.39 is 0 Å². The summed E-state index contributed by atoms with van der Waals surface area (Å²) in [5.41, 5.74) is 0.684. The Labute approximate surface area is 116 Å².